The quantitative estimate of drug-likeness (QED) is 0.654. The van der Waals surface area contributed by atoms with Crippen LogP contribution in [0, 0.1) is 5.92 Å². The lowest BCUT2D eigenvalue weighted by molar-refractivity contribution is -0.132. The number of rotatable bonds is 8. The third-order valence-corrected chi connectivity index (χ3v) is 2.25. The Morgan fingerprint density at radius 2 is 2.07 bits per heavy atom. The van der Waals surface area contributed by atoms with Crippen molar-refractivity contribution in [2.45, 2.75) is 26.7 Å². The van der Waals surface area contributed by atoms with Gasteiger partial charge in [-0.05, 0) is 12.3 Å². The van der Waals surface area contributed by atoms with Gasteiger partial charge in [0, 0.05) is 33.2 Å². The molecule has 4 heteroatoms. The Morgan fingerprint density at radius 3 is 2.53 bits per heavy atom. The number of carbonyl (C=O) groups excluding carboxylic acids is 1. The highest BCUT2D eigenvalue weighted by Crippen LogP contribution is 2.06. The minimum Gasteiger partial charge on any atom is -0.383 e. The molecule has 90 valence electrons. The molecule has 0 bridgehead atoms. The van der Waals surface area contributed by atoms with E-state index in [9.17, 15) is 4.79 Å². The van der Waals surface area contributed by atoms with Crippen molar-refractivity contribution >= 4 is 5.91 Å². The highest BCUT2D eigenvalue weighted by molar-refractivity contribution is 5.76. The smallest absolute Gasteiger partial charge is 0.222 e. The summed E-state index contributed by atoms with van der Waals surface area (Å²) in [6, 6.07) is 0. The second-order valence-electron chi connectivity index (χ2n) is 4.09. The molecule has 0 aliphatic rings. The van der Waals surface area contributed by atoms with Crippen LogP contribution in [0.1, 0.15) is 26.7 Å². The first-order valence-corrected chi connectivity index (χ1v) is 5.58. The van der Waals surface area contributed by atoms with Crippen LogP contribution in [0.2, 0.25) is 0 Å². The summed E-state index contributed by atoms with van der Waals surface area (Å²) < 4.78 is 4.96. The van der Waals surface area contributed by atoms with Crippen molar-refractivity contribution in [1.82, 2.24) is 4.90 Å². The Hall–Kier alpha value is -0.610. The average Bonchev–Trinajstić information content (AvgIpc) is 2.20. The van der Waals surface area contributed by atoms with Crippen molar-refractivity contribution < 1.29 is 9.53 Å². The molecule has 0 saturated heterocycles. The van der Waals surface area contributed by atoms with Crippen molar-refractivity contribution in [3.8, 4) is 0 Å². The monoisotopic (exact) mass is 216 g/mol. The van der Waals surface area contributed by atoms with E-state index >= 15 is 0 Å². The normalized spacial score (nSPS) is 10.7. The van der Waals surface area contributed by atoms with Crippen molar-refractivity contribution in [3.63, 3.8) is 0 Å². The first-order valence-electron chi connectivity index (χ1n) is 5.58. The molecule has 0 aliphatic carbocycles. The zero-order chi connectivity index (χ0) is 11.7. The molecule has 0 aromatic carbocycles. The summed E-state index contributed by atoms with van der Waals surface area (Å²) in [5, 5.41) is 0. The van der Waals surface area contributed by atoms with E-state index in [1.165, 1.54) is 0 Å². The number of nitrogens with zero attached hydrogens (tertiary/aromatic N) is 1. The lowest BCUT2D eigenvalue weighted by Gasteiger charge is -2.22. The molecule has 0 aromatic heterocycles. The van der Waals surface area contributed by atoms with Crippen LogP contribution in [-0.4, -0.2) is 44.2 Å². The molecule has 0 aliphatic heterocycles. The van der Waals surface area contributed by atoms with Crippen LogP contribution in [0.4, 0.5) is 0 Å². The molecule has 0 saturated carbocycles. The molecule has 0 spiro atoms. The molecule has 0 rings (SSSR count). The first kappa shape index (κ1) is 14.4. The fourth-order valence-electron chi connectivity index (χ4n) is 1.29. The van der Waals surface area contributed by atoms with E-state index in [2.05, 4.69) is 13.8 Å². The van der Waals surface area contributed by atoms with Gasteiger partial charge in [0.25, 0.3) is 0 Å². The van der Waals surface area contributed by atoms with Gasteiger partial charge in [-0.25, -0.2) is 0 Å². The van der Waals surface area contributed by atoms with Crippen LogP contribution < -0.4 is 5.73 Å². The van der Waals surface area contributed by atoms with Gasteiger partial charge in [-0.2, -0.15) is 0 Å². The Kier molecular flexibility index (Phi) is 8.33. The molecule has 0 radical (unpaired) electrons. The van der Waals surface area contributed by atoms with Gasteiger partial charge in [0.1, 0.15) is 0 Å². The van der Waals surface area contributed by atoms with Crippen LogP contribution in [0.25, 0.3) is 0 Å². The van der Waals surface area contributed by atoms with Crippen molar-refractivity contribution in [2.24, 2.45) is 11.7 Å². The molecular formula is C11H24N2O2. The number of amides is 1. The van der Waals surface area contributed by atoms with Gasteiger partial charge in [-0.3, -0.25) is 4.79 Å². The Bertz CT molecular complexity index is 172. The maximum absolute atomic E-state index is 11.8. The molecule has 0 unspecified atom stereocenters. The van der Waals surface area contributed by atoms with Crippen molar-refractivity contribution in [1.29, 1.82) is 0 Å². The fourth-order valence-corrected chi connectivity index (χ4v) is 1.29. The van der Waals surface area contributed by atoms with Gasteiger partial charge in [0.05, 0.1) is 6.61 Å². The number of hydrogen-bond acceptors (Lipinski definition) is 3. The molecule has 2 N–H and O–H groups in total. The van der Waals surface area contributed by atoms with Gasteiger partial charge in [-0.1, -0.05) is 13.8 Å². The number of ether oxygens (including phenoxy) is 1. The van der Waals surface area contributed by atoms with Gasteiger partial charge >= 0.3 is 0 Å². The van der Waals surface area contributed by atoms with E-state index < -0.39 is 0 Å². The summed E-state index contributed by atoms with van der Waals surface area (Å²) in [6.07, 6.45) is 1.55. The first-order chi connectivity index (χ1) is 7.11. The van der Waals surface area contributed by atoms with Crippen LogP contribution in [0.3, 0.4) is 0 Å². The molecule has 4 nitrogen and oxygen atoms in total. The van der Waals surface area contributed by atoms with E-state index in [0.717, 1.165) is 6.42 Å². The number of carbonyl (C=O) groups is 1. The molecule has 0 atom stereocenters. The molecule has 0 heterocycles. The topological polar surface area (TPSA) is 55.6 Å². The van der Waals surface area contributed by atoms with Crippen molar-refractivity contribution in [2.75, 3.05) is 33.4 Å². The van der Waals surface area contributed by atoms with Gasteiger partial charge < -0.3 is 15.4 Å². The molecule has 0 fully saturated rings. The van der Waals surface area contributed by atoms with E-state index in [-0.39, 0.29) is 5.91 Å². The third-order valence-electron chi connectivity index (χ3n) is 2.25. The number of methoxy groups -OCH3 is 1. The zero-order valence-corrected chi connectivity index (χ0v) is 10.2. The summed E-state index contributed by atoms with van der Waals surface area (Å²) in [5.41, 5.74) is 5.46. The van der Waals surface area contributed by atoms with Crippen LogP contribution in [-0.2, 0) is 9.53 Å². The van der Waals surface area contributed by atoms with E-state index in [0.29, 0.717) is 38.6 Å². The second-order valence-corrected chi connectivity index (χ2v) is 4.09. The fraction of sp³-hybridized carbons (Fsp3) is 0.909. The summed E-state index contributed by atoms with van der Waals surface area (Å²) >= 11 is 0. The SMILES string of the molecule is COCCN(CCN)C(=O)CCC(C)C. The Labute approximate surface area is 92.8 Å². The van der Waals surface area contributed by atoms with E-state index in [1.807, 2.05) is 0 Å². The maximum Gasteiger partial charge on any atom is 0.222 e. The van der Waals surface area contributed by atoms with E-state index in [4.69, 9.17) is 10.5 Å². The Balaban J connectivity index is 3.92. The van der Waals surface area contributed by atoms with Crippen LogP contribution in [0.15, 0.2) is 0 Å². The third kappa shape index (κ3) is 7.33. The lowest BCUT2D eigenvalue weighted by Crippen LogP contribution is -2.37. The summed E-state index contributed by atoms with van der Waals surface area (Å²) in [6.45, 7) is 6.60. The van der Waals surface area contributed by atoms with Gasteiger partial charge in [0.2, 0.25) is 5.91 Å². The highest BCUT2D eigenvalue weighted by atomic mass is 16.5. The van der Waals surface area contributed by atoms with Gasteiger partial charge in [0.15, 0.2) is 0 Å². The van der Waals surface area contributed by atoms with E-state index in [1.54, 1.807) is 12.0 Å². The predicted octanol–water partition coefficient (Wildman–Crippen LogP) is 0.856. The zero-order valence-electron chi connectivity index (χ0n) is 10.2. The predicted molar refractivity (Wildman–Crippen MR) is 61.6 cm³/mol. The summed E-state index contributed by atoms with van der Waals surface area (Å²) in [7, 11) is 1.64. The van der Waals surface area contributed by atoms with Crippen LogP contribution >= 0.6 is 0 Å². The second kappa shape index (κ2) is 8.68. The average molecular weight is 216 g/mol. The van der Waals surface area contributed by atoms with Crippen molar-refractivity contribution in [3.05, 3.63) is 0 Å². The standard InChI is InChI=1S/C11H24N2O2/c1-10(2)4-5-11(14)13(7-6-12)8-9-15-3/h10H,4-9,12H2,1-3H3. The molecule has 15 heavy (non-hydrogen) atoms. The maximum atomic E-state index is 11.8. The lowest BCUT2D eigenvalue weighted by atomic mass is 10.1. The minimum atomic E-state index is 0.186. The molecule has 0 aromatic rings. The summed E-state index contributed by atoms with van der Waals surface area (Å²) in [4.78, 5) is 13.5. The largest absolute Gasteiger partial charge is 0.383 e. The Morgan fingerprint density at radius 1 is 1.40 bits per heavy atom. The van der Waals surface area contributed by atoms with Crippen LogP contribution in [0.5, 0.6) is 0 Å². The number of hydrogen-bond donors (Lipinski definition) is 1. The minimum absolute atomic E-state index is 0.186. The summed E-state index contributed by atoms with van der Waals surface area (Å²) in [5.74, 6) is 0.752. The van der Waals surface area contributed by atoms with Gasteiger partial charge in [-0.15, -0.1) is 0 Å². The molecule has 1 amide bonds. The molecular weight excluding hydrogens is 192 g/mol. The number of nitrogens with two attached hydrogens (primary N) is 1. The highest BCUT2D eigenvalue weighted by Gasteiger charge is 2.12.